The second kappa shape index (κ2) is 5.49. The standard InChI is InChI=1S/C16H20N4O3/c1-2-23-15(21)12-13-17-6-3-7-20(13)18-14(12)19-8-4-16(5-9-19)10-22-11-16/h3,6-7H,2,4-5,8-11H2,1H3. The molecule has 2 aliphatic rings. The van der Waals surface area contributed by atoms with E-state index in [1.54, 1.807) is 29.9 Å². The highest BCUT2D eigenvalue weighted by Gasteiger charge is 2.42. The molecule has 7 nitrogen and oxygen atoms in total. The van der Waals surface area contributed by atoms with Crippen molar-refractivity contribution in [1.82, 2.24) is 14.6 Å². The van der Waals surface area contributed by atoms with E-state index < -0.39 is 0 Å². The van der Waals surface area contributed by atoms with Crippen LogP contribution in [0.4, 0.5) is 5.82 Å². The molecule has 2 aromatic heterocycles. The Kier molecular flexibility index (Phi) is 3.45. The lowest BCUT2D eigenvalue weighted by Crippen LogP contribution is -2.51. The topological polar surface area (TPSA) is 69.0 Å². The fourth-order valence-electron chi connectivity index (χ4n) is 3.35. The van der Waals surface area contributed by atoms with Gasteiger partial charge in [0.25, 0.3) is 0 Å². The number of nitrogens with zero attached hydrogens (tertiary/aromatic N) is 4. The molecule has 0 unspecified atom stereocenters. The summed E-state index contributed by atoms with van der Waals surface area (Å²) in [6, 6.07) is 1.80. The largest absolute Gasteiger partial charge is 0.462 e. The molecule has 2 aliphatic heterocycles. The number of hydrogen-bond donors (Lipinski definition) is 0. The fourth-order valence-corrected chi connectivity index (χ4v) is 3.35. The molecular formula is C16H20N4O3. The van der Waals surface area contributed by atoms with Crippen LogP contribution in [0, 0.1) is 5.41 Å². The Hall–Kier alpha value is -2.15. The summed E-state index contributed by atoms with van der Waals surface area (Å²) < 4.78 is 12.2. The average molecular weight is 316 g/mol. The molecular weight excluding hydrogens is 296 g/mol. The van der Waals surface area contributed by atoms with Gasteiger partial charge in [0.15, 0.2) is 11.5 Å². The summed E-state index contributed by atoms with van der Waals surface area (Å²) in [7, 11) is 0. The maximum atomic E-state index is 12.4. The van der Waals surface area contributed by atoms with Crippen LogP contribution in [0.1, 0.15) is 30.1 Å². The first kappa shape index (κ1) is 14.4. The Labute approximate surface area is 134 Å². The van der Waals surface area contributed by atoms with Crippen LogP contribution in [-0.2, 0) is 9.47 Å². The van der Waals surface area contributed by atoms with Gasteiger partial charge in [-0.1, -0.05) is 0 Å². The van der Waals surface area contributed by atoms with Crippen LogP contribution in [0.15, 0.2) is 18.5 Å². The van der Waals surface area contributed by atoms with Crippen molar-refractivity contribution in [3.63, 3.8) is 0 Å². The van der Waals surface area contributed by atoms with Crippen molar-refractivity contribution < 1.29 is 14.3 Å². The molecule has 2 saturated heterocycles. The zero-order chi connectivity index (χ0) is 15.9. The first-order valence-electron chi connectivity index (χ1n) is 8.06. The van der Waals surface area contributed by atoms with E-state index in [9.17, 15) is 4.79 Å². The van der Waals surface area contributed by atoms with Gasteiger partial charge in [-0.05, 0) is 25.8 Å². The number of fused-ring (bicyclic) bond motifs is 1. The van der Waals surface area contributed by atoms with Crippen LogP contribution in [0.3, 0.4) is 0 Å². The zero-order valence-corrected chi connectivity index (χ0v) is 13.2. The monoisotopic (exact) mass is 316 g/mol. The molecule has 0 atom stereocenters. The third-order valence-corrected chi connectivity index (χ3v) is 4.80. The molecule has 2 aromatic rings. The minimum absolute atomic E-state index is 0.336. The Bertz CT molecular complexity index is 728. The summed E-state index contributed by atoms with van der Waals surface area (Å²) in [5, 5.41) is 4.58. The van der Waals surface area contributed by atoms with Gasteiger partial charge in [0.1, 0.15) is 5.56 Å². The molecule has 23 heavy (non-hydrogen) atoms. The Morgan fingerprint density at radius 2 is 2.17 bits per heavy atom. The van der Waals surface area contributed by atoms with Gasteiger partial charge in [-0.15, -0.1) is 5.10 Å². The first-order chi connectivity index (χ1) is 11.2. The van der Waals surface area contributed by atoms with E-state index in [2.05, 4.69) is 15.0 Å². The number of rotatable bonds is 3. The van der Waals surface area contributed by atoms with Gasteiger partial charge in [0.2, 0.25) is 0 Å². The molecule has 4 rings (SSSR count). The summed E-state index contributed by atoms with van der Waals surface area (Å²) in [4.78, 5) is 18.9. The van der Waals surface area contributed by atoms with Gasteiger partial charge in [-0.3, -0.25) is 0 Å². The number of carbonyl (C=O) groups is 1. The van der Waals surface area contributed by atoms with Gasteiger partial charge in [0, 0.05) is 30.9 Å². The molecule has 7 heteroatoms. The van der Waals surface area contributed by atoms with E-state index in [0.717, 1.165) is 39.1 Å². The van der Waals surface area contributed by atoms with E-state index in [4.69, 9.17) is 9.47 Å². The zero-order valence-electron chi connectivity index (χ0n) is 13.2. The van der Waals surface area contributed by atoms with Crippen LogP contribution in [0.5, 0.6) is 0 Å². The average Bonchev–Trinajstić information content (AvgIpc) is 2.93. The minimum Gasteiger partial charge on any atom is -0.462 e. The summed E-state index contributed by atoms with van der Waals surface area (Å²) >= 11 is 0. The van der Waals surface area contributed by atoms with Crippen molar-refractivity contribution in [2.75, 3.05) is 37.8 Å². The molecule has 122 valence electrons. The Balaban J connectivity index is 1.68. The fraction of sp³-hybridized carbons (Fsp3) is 0.562. The smallest absolute Gasteiger partial charge is 0.345 e. The quantitative estimate of drug-likeness (QED) is 0.800. The number of esters is 1. The predicted octanol–water partition coefficient (Wildman–Crippen LogP) is 1.52. The molecule has 0 aromatic carbocycles. The molecule has 1 spiro atoms. The lowest BCUT2D eigenvalue weighted by molar-refractivity contribution is -0.124. The van der Waals surface area contributed by atoms with Crippen LogP contribution in [0.2, 0.25) is 0 Å². The summed E-state index contributed by atoms with van der Waals surface area (Å²) in [6.07, 6.45) is 5.60. The molecule has 0 N–H and O–H groups in total. The summed E-state index contributed by atoms with van der Waals surface area (Å²) in [5.74, 6) is 0.320. The highest BCUT2D eigenvalue weighted by molar-refractivity contribution is 6.01. The van der Waals surface area contributed by atoms with Crippen molar-refractivity contribution in [2.24, 2.45) is 5.41 Å². The number of piperidine rings is 1. The molecule has 0 aliphatic carbocycles. The lowest BCUT2D eigenvalue weighted by Gasteiger charge is -2.47. The second-order valence-corrected chi connectivity index (χ2v) is 6.29. The number of aromatic nitrogens is 3. The summed E-state index contributed by atoms with van der Waals surface area (Å²) in [6.45, 7) is 5.61. The van der Waals surface area contributed by atoms with Crippen molar-refractivity contribution in [3.05, 3.63) is 24.0 Å². The van der Waals surface area contributed by atoms with Crippen LogP contribution in [-0.4, -0.2) is 53.5 Å². The minimum atomic E-state index is -0.358. The Morgan fingerprint density at radius 1 is 1.39 bits per heavy atom. The van der Waals surface area contributed by atoms with Gasteiger partial charge in [-0.2, -0.15) is 0 Å². The van der Waals surface area contributed by atoms with Crippen molar-refractivity contribution in [1.29, 1.82) is 0 Å². The second-order valence-electron chi connectivity index (χ2n) is 6.29. The predicted molar refractivity (Wildman–Crippen MR) is 83.6 cm³/mol. The molecule has 0 amide bonds. The van der Waals surface area contributed by atoms with Crippen molar-refractivity contribution in [2.45, 2.75) is 19.8 Å². The number of carbonyl (C=O) groups excluding carboxylic acids is 1. The van der Waals surface area contributed by atoms with Gasteiger partial charge >= 0.3 is 5.97 Å². The molecule has 0 bridgehead atoms. The molecule has 2 fully saturated rings. The number of anilines is 1. The van der Waals surface area contributed by atoms with E-state index in [1.165, 1.54) is 0 Å². The molecule has 0 saturated carbocycles. The molecule has 4 heterocycles. The van der Waals surface area contributed by atoms with E-state index in [0.29, 0.717) is 29.1 Å². The first-order valence-corrected chi connectivity index (χ1v) is 8.06. The van der Waals surface area contributed by atoms with E-state index in [1.807, 2.05) is 0 Å². The highest BCUT2D eigenvalue weighted by atomic mass is 16.5. The highest BCUT2D eigenvalue weighted by Crippen LogP contribution is 2.40. The van der Waals surface area contributed by atoms with Gasteiger partial charge < -0.3 is 14.4 Å². The Morgan fingerprint density at radius 3 is 2.83 bits per heavy atom. The van der Waals surface area contributed by atoms with Crippen molar-refractivity contribution >= 4 is 17.4 Å². The van der Waals surface area contributed by atoms with Gasteiger partial charge in [0.05, 0.1) is 19.8 Å². The third kappa shape index (κ3) is 2.35. The van der Waals surface area contributed by atoms with Crippen molar-refractivity contribution in [3.8, 4) is 0 Å². The maximum absolute atomic E-state index is 12.4. The molecule has 0 radical (unpaired) electrons. The van der Waals surface area contributed by atoms with Crippen LogP contribution in [0.25, 0.3) is 5.65 Å². The third-order valence-electron chi connectivity index (χ3n) is 4.80. The number of hydrogen-bond acceptors (Lipinski definition) is 6. The lowest BCUT2D eigenvalue weighted by atomic mass is 9.77. The normalized spacial score (nSPS) is 19.8. The van der Waals surface area contributed by atoms with Crippen LogP contribution >= 0.6 is 0 Å². The number of ether oxygens (including phenoxy) is 2. The van der Waals surface area contributed by atoms with Crippen LogP contribution < -0.4 is 4.90 Å². The van der Waals surface area contributed by atoms with E-state index >= 15 is 0 Å². The van der Waals surface area contributed by atoms with Gasteiger partial charge in [-0.25, -0.2) is 14.3 Å². The maximum Gasteiger partial charge on any atom is 0.345 e. The summed E-state index contributed by atoms with van der Waals surface area (Å²) in [5.41, 5.74) is 1.36. The van der Waals surface area contributed by atoms with E-state index in [-0.39, 0.29) is 5.97 Å². The SMILES string of the molecule is CCOC(=O)c1c(N2CCC3(CC2)COC3)nn2cccnc12.